The highest BCUT2D eigenvalue weighted by Gasteiger charge is 2.32. The van der Waals surface area contributed by atoms with Crippen LogP contribution in [0.1, 0.15) is 84.0 Å². The third-order valence-electron chi connectivity index (χ3n) is 3.37. The monoisotopic (exact) mass is 347 g/mol. The van der Waals surface area contributed by atoms with Crippen molar-refractivity contribution in [1.29, 1.82) is 0 Å². The lowest BCUT2D eigenvalue weighted by atomic mass is 10.0. The van der Waals surface area contributed by atoms with Gasteiger partial charge >= 0.3 is 0 Å². The van der Waals surface area contributed by atoms with Gasteiger partial charge in [0.1, 0.15) is 0 Å². The first-order valence-corrected chi connectivity index (χ1v) is 9.08. The highest BCUT2D eigenvalue weighted by atomic mass is 35.5. The van der Waals surface area contributed by atoms with Crippen molar-refractivity contribution in [3.63, 3.8) is 0 Å². The Hall–Kier alpha value is 1.16. The van der Waals surface area contributed by atoms with Gasteiger partial charge in [-0.1, -0.05) is 124 Å². The van der Waals surface area contributed by atoms with E-state index in [1.165, 1.54) is 57.8 Å². The van der Waals surface area contributed by atoms with Crippen molar-refractivity contribution in [2.24, 2.45) is 0 Å². The molecule has 0 aromatic carbocycles. The van der Waals surface area contributed by atoms with Crippen molar-refractivity contribution in [2.75, 3.05) is 0 Å². The predicted octanol–water partition coefficient (Wildman–Crippen LogP) is 7.83. The Morgan fingerprint density at radius 2 is 1.05 bits per heavy atom. The summed E-state index contributed by atoms with van der Waals surface area (Å²) in [5, 5.41) is 0. The van der Waals surface area contributed by atoms with Crippen LogP contribution in [0, 0.1) is 4.84 Å². The average molecular weight is 349 g/mol. The van der Waals surface area contributed by atoms with Crippen LogP contribution in [-0.2, 0) is 0 Å². The van der Waals surface area contributed by atoms with E-state index in [2.05, 4.69) is 6.92 Å². The van der Waals surface area contributed by atoms with Crippen LogP contribution >= 0.6 is 46.4 Å². The second kappa shape index (κ2) is 12.9. The maximum atomic E-state index is 5.96. The van der Waals surface area contributed by atoms with Gasteiger partial charge in [-0.25, -0.2) is 0 Å². The molecule has 0 heterocycles. The molecule has 19 heavy (non-hydrogen) atoms. The first kappa shape index (κ1) is 20.2. The van der Waals surface area contributed by atoms with Gasteiger partial charge in [-0.15, -0.1) is 0 Å². The van der Waals surface area contributed by atoms with Gasteiger partial charge in [-0.3, -0.25) is 0 Å². The van der Waals surface area contributed by atoms with E-state index < -0.39 is 4.33 Å². The van der Waals surface area contributed by atoms with Crippen molar-refractivity contribution in [3.8, 4) is 0 Å². The summed E-state index contributed by atoms with van der Waals surface area (Å²) in [7, 11) is 0. The molecule has 0 saturated heterocycles. The summed E-state index contributed by atoms with van der Waals surface area (Å²) >= 11 is 23.2. The fourth-order valence-electron chi connectivity index (χ4n) is 2.11. The van der Waals surface area contributed by atoms with Gasteiger partial charge in [-0.05, 0) is 6.42 Å². The van der Waals surface area contributed by atoms with Crippen molar-refractivity contribution in [3.05, 3.63) is 4.84 Å². The Morgan fingerprint density at radius 1 is 0.684 bits per heavy atom. The summed E-state index contributed by atoms with van der Waals surface area (Å²) < 4.78 is -1.07. The third kappa shape index (κ3) is 12.6. The minimum absolute atomic E-state index is 0.0583. The number of halogens is 4. The average Bonchev–Trinajstić information content (AvgIpc) is 2.35. The predicted molar refractivity (Wildman–Crippen MR) is 90.5 cm³/mol. The first-order valence-electron chi connectivity index (χ1n) is 7.57. The minimum Gasteiger partial charge on any atom is -0.0982 e. The third-order valence-corrected chi connectivity index (χ3v) is 5.16. The van der Waals surface area contributed by atoms with Crippen LogP contribution in [0.15, 0.2) is 0 Å². The second-order valence-electron chi connectivity index (χ2n) is 5.25. The topological polar surface area (TPSA) is 0 Å². The zero-order chi connectivity index (χ0) is 14.6. The number of unbranched alkanes of at least 4 members (excludes halogenated alkanes) is 10. The van der Waals surface area contributed by atoms with Gasteiger partial charge in [0, 0.05) is 0 Å². The Bertz CT molecular complexity index is 193. The fourth-order valence-corrected chi connectivity index (χ4v) is 2.56. The van der Waals surface area contributed by atoms with E-state index in [0.29, 0.717) is 6.42 Å². The van der Waals surface area contributed by atoms with Crippen molar-refractivity contribution >= 4 is 46.4 Å². The smallest absolute Gasteiger partial charge is 0.0982 e. The minimum atomic E-state index is -1.07. The summed E-state index contributed by atoms with van der Waals surface area (Å²) in [6.07, 6.45) is 15.0. The van der Waals surface area contributed by atoms with Gasteiger partial charge in [0.05, 0.1) is 0 Å². The lowest BCUT2D eigenvalue weighted by Gasteiger charge is -2.19. The highest BCUT2D eigenvalue weighted by Crippen LogP contribution is 2.42. The zero-order valence-corrected chi connectivity index (χ0v) is 15.0. The highest BCUT2D eigenvalue weighted by molar-refractivity contribution is 6.65. The lowest BCUT2D eigenvalue weighted by molar-refractivity contribution is 0.541. The van der Waals surface area contributed by atoms with Crippen molar-refractivity contribution in [1.82, 2.24) is 0 Å². The Labute approximate surface area is 139 Å². The molecular weight excluding hydrogens is 322 g/mol. The van der Waals surface area contributed by atoms with E-state index in [-0.39, 0.29) is 4.84 Å². The molecule has 0 aliphatic rings. The molecule has 0 aromatic heterocycles. The summed E-state index contributed by atoms with van der Waals surface area (Å²) in [6.45, 7) is 2.26. The molecule has 4 heteroatoms. The van der Waals surface area contributed by atoms with Crippen LogP contribution in [0.25, 0.3) is 0 Å². The molecule has 0 fully saturated rings. The normalized spacial score (nSPS) is 12.3. The van der Waals surface area contributed by atoms with Crippen LogP contribution in [0.2, 0.25) is 0 Å². The Morgan fingerprint density at radius 3 is 1.42 bits per heavy atom. The van der Waals surface area contributed by atoms with Crippen LogP contribution in [-0.4, -0.2) is 4.33 Å². The van der Waals surface area contributed by atoms with Gasteiger partial charge in [0.2, 0.25) is 0 Å². The number of alkyl halides is 2. The molecule has 0 aliphatic carbocycles. The molecule has 0 N–H and O–H groups in total. The van der Waals surface area contributed by atoms with E-state index in [0.717, 1.165) is 12.8 Å². The second-order valence-corrected chi connectivity index (χ2v) is 7.68. The summed E-state index contributed by atoms with van der Waals surface area (Å²) in [5.74, 6) is 0. The van der Waals surface area contributed by atoms with Crippen molar-refractivity contribution < 1.29 is 0 Å². The molecule has 0 atom stereocenters. The van der Waals surface area contributed by atoms with Crippen molar-refractivity contribution in [2.45, 2.75) is 88.3 Å². The molecule has 1 radical (unpaired) electrons. The van der Waals surface area contributed by atoms with Crippen LogP contribution in [0.5, 0.6) is 0 Å². The number of hydrogen-bond donors (Lipinski definition) is 0. The summed E-state index contributed by atoms with van der Waals surface area (Å²) in [6, 6.07) is 0. The van der Waals surface area contributed by atoms with Gasteiger partial charge in [-0.2, -0.15) is 0 Å². The molecule has 115 valence electrons. The molecule has 0 saturated carbocycles. The molecule has 0 bridgehead atoms. The van der Waals surface area contributed by atoms with Gasteiger partial charge in [0.15, 0.2) is 9.17 Å². The Kier molecular flexibility index (Phi) is 13.7. The van der Waals surface area contributed by atoms with Crippen LogP contribution < -0.4 is 0 Å². The largest absolute Gasteiger partial charge is 0.186 e. The number of hydrogen-bond acceptors (Lipinski definition) is 0. The standard InChI is InChI=1S/C15H27Cl4/c1-2-3-4-5-6-7-8-9-10-11-12-13-15(18,19)14(16)17/h2-13H2,1H3. The SMILES string of the molecule is CCCCCCCCCCCCCC(Cl)(Cl)[C](Cl)Cl. The van der Waals surface area contributed by atoms with E-state index in [1.807, 2.05) is 0 Å². The first-order chi connectivity index (χ1) is 9.00. The molecule has 0 rings (SSSR count). The summed E-state index contributed by atoms with van der Waals surface area (Å²) in [4.78, 5) is 0.0583. The Balaban J connectivity index is 3.19. The molecule has 0 amide bonds. The molecule has 0 aromatic rings. The van der Waals surface area contributed by atoms with Gasteiger partial charge in [0.25, 0.3) is 0 Å². The van der Waals surface area contributed by atoms with E-state index in [9.17, 15) is 0 Å². The maximum Gasteiger partial charge on any atom is 0.186 e. The molecular formula is C15H27Cl4. The number of rotatable bonds is 13. The summed E-state index contributed by atoms with van der Waals surface area (Å²) in [5.41, 5.74) is 0. The zero-order valence-electron chi connectivity index (χ0n) is 12.0. The van der Waals surface area contributed by atoms with Crippen LogP contribution in [0.4, 0.5) is 0 Å². The van der Waals surface area contributed by atoms with E-state index in [4.69, 9.17) is 46.4 Å². The van der Waals surface area contributed by atoms with E-state index in [1.54, 1.807) is 0 Å². The quantitative estimate of drug-likeness (QED) is 0.235. The van der Waals surface area contributed by atoms with E-state index >= 15 is 0 Å². The maximum absolute atomic E-state index is 5.96. The molecule has 0 aliphatic heterocycles. The molecule has 0 unspecified atom stereocenters. The fraction of sp³-hybridized carbons (Fsp3) is 0.933. The molecule has 0 spiro atoms. The van der Waals surface area contributed by atoms with Gasteiger partial charge < -0.3 is 0 Å². The van der Waals surface area contributed by atoms with Crippen LogP contribution in [0.3, 0.4) is 0 Å². The molecule has 0 nitrogen and oxygen atoms in total. The lowest BCUT2D eigenvalue weighted by Crippen LogP contribution is -2.15.